The number of rotatable bonds is 0. The van der Waals surface area contributed by atoms with Crippen LogP contribution >= 0.6 is 63.7 Å². The molecule has 5 rings (SSSR count). The Balaban J connectivity index is 2.00. The van der Waals surface area contributed by atoms with Gasteiger partial charge in [-0.1, -0.05) is 22.0 Å². The number of aromatic hydroxyl groups is 2. The van der Waals surface area contributed by atoms with E-state index in [4.69, 9.17) is 9.47 Å². The van der Waals surface area contributed by atoms with E-state index in [-0.39, 0.29) is 23.0 Å². The van der Waals surface area contributed by atoms with Crippen molar-refractivity contribution in [1.29, 1.82) is 0 Å². The number of phenolic OH excluding ortho intramolecular Hbond substituents is 2. The molecule has 1 unspecified atom stereocenters. The highest BCUT2D eigenvalue weighted by Gasteiger charge is 2.56. The van der Waals surface area contributed by atoms with Crippen LogP contribution in [-0.4, -0.2) is 16.2 Å². The zero-order valence-corrected chi connectivity index (χ0v) is 20.4. The number of hydrogen-bond donors (Lipinski definition) is 2. The van der Waals surface area contributed by atoms with Crippen LogP contribution in [0.4, 0.5) is 0 Å². The number of fused-ring (bicyclic) bond motifs is 6. The average molecular weight is 648 g/mol. The normalized spacial score (nSPS) is 18.7. The van der Waals surface area contributed by atoms with E-state index in [2.05, 4.69) is 63.7 Å². The number of carbonyl (C=O) groups excluding carboxylic acids is 1. The van der Waals surface area contributed by atoms with Crippen molar-refractivity contribution in [3.63, 3.8) is 0 Å². The van der Waals surface area contributed by atoms with Crippen molar-refractivity contribution in [2.24, 2.45) is 0 Å². The van der Waals surface area contributed by atoms with Gasteiger partial charge in [0.05, 0.1) is 15.6 Å². The van der Waals surface area contributed by atoms with Crippen molar-refractivity contribution < 1.29 is 24.5 Å². The van der Waals surface area contributed by atoms with Crippen LogP contribution < -0.4 is 4.74 Å². The molecule has 146 valence electrons. The molecule has 0 fully saturated rings. The molecule has 0 radical (unpaired) electrons. The summed E-state index contributed by atoms with van der Waals surface area (Å²) < 4.78 is 13.8. The minimum absolute atomic E-state index is 0.0310. The summed E-state index contributed by atoms with van der Waals surface area (Å²) in [4.78, 5) is 12.9. The van der Waals surface area contributed by atoms with Crippen molar-refractivity contribution in [3.8, 4) is 23.0 Å². The first-order valence-electron chi connectivity index (χ1n) is 8.21. The Labute approximate surface area is 198 Å². The molecule has 1 atom stereocenters. The lowest BCUT2D eigenvalue weighted by Crippen LogP contribution is -2.33. The smallest absolute Gasteiger partial charge is 0.340 e. The molecule has 1 spiro atoms. The first kappa shape index (κ1) is 19.4. The van der Waals surface area contributed by atoms with Gasteiger partial charge in [0.1, 0.15) is 20.4 Å². The second kappa shape index (κ2) is 6.47. The summed E-state index contributed by atoms with van der Waals surface area (Å²) in [6.45, 7) is 0. The summed E-state index contributed by atoms with van der Waals surface area (Å²) in [6, 6.07) is 10.1. The first-order chi connectivity index (χ1) is 13.8. The van der Waals surface area contributed by atoms with Crippen LogP contribution in [-0.2, 0) is 10.3 Å². The molecular weight excluding hydrogens is 640 g/mol. The van der Waals surface area contributed by atoms with Gasteiger partial charge in [0, 0.05) is 15.6 Å². The molecular formula is C20H8Br4O5. The summed E-state index contributed by atoms with van der Waals surface area (Å²) >= 11 is 13.7. The number of phenols is 2. The van der Waals surface area contributed by atoms with E-state index >= 15 is 0 Å². The van der Waals surface area contributed by atoms with E-state index in [0.29, 0.717) is 40.1 Å². The minimum Gasteiger partial charge on any atom is -0.507 e. The monoisotopic (exact) mass is 644 g/mol. The van der Waals surface area contributed by atoms with E-state index in [1.54, 1.807) is 24.3 Å². The van der Waals surface area contributed by atoms with E-state index in [0.717, 1.165) is 0 Å². The quantitative estimate of drug-likeness (QED) is 0.265. The number of esters is 1. The largest absolute Gasteiger partial charge is 0.507 e. The van der Waals surface area contributed by atoms with Gasteiger partial charge in [-0.05, 0) is 78.1 Å². The molecule has 0 amide bonds. The highest BCUT2D eigenvalue weighted by atomic mass is 79.9. The fourth-order valence-corrected chi connectivity index (χ4v) is 6.07. The van der Waals surface area contributed by atoms with Gasteiger partial charge in [0.2, 0.25) is 0 Å². The topological polar surface area (TPSA) is 76.0 Å². The molecule has 2 heterocycles. The maximum absolute atomic E-state index is 12.9. The van der Waals surface area contributed by atoms with Crippen molar-refractivity contribution in [1.82, 2.24) is 0 Å². The Kier molecular flexibility index (Phi) is 4.33. The number of halogens is 4. The summed E-state index contributed by atoms with van der Waals surface area (Å²) in [5.41, 5.74) is 0.765. The van der Waals surface area contributed by atoms with E-state index < -0.39 is 11.6 Å². The summed E-state index contributed by atoms with van der Waals surface area (Å²) in [5, 5.41) is 20.6. The molecule has 0 aliphatic carbocycles. The second-order valence-corrected chi connectivity index (χ2v) is 9.80. The molecule has 0 bridgehead atoms. The van der Waals surface area contributed by atoms with Gasteiger partial charge in [-0.3, -0.25) is 0 Å². The molecule has 3 aromatic carbocycles. The van der Waals surface area contributed by atoms with Crippen LogP contribution in [0.25, 0.3) is 0 Å². The Morgan fingerprint density at radius 3 is 2.34 bits per heavy atom. The van der Waals surface area contributed by atoms with Gasteiger partial charge in [0.25, 0.3) is 0 Å². The molecule has 0 aromatic heterocycles. The van der Waals surface area contributed by atoms with Gasteiger partial charge in [-0.25, -0.2) is 4.79 Å². The third-order valence-corrected chi connectivity index (χ3v) is 7.79. The lowest BCUT2D eigenvalue weighted by atomic mass is 9.77. The number of hydrogen-bond acceptors (Lipinski definition) is 5. The van der Waals surface area contributed by atoms with Crippen LogP contribution in [0, 0.1) is 0 Å². The zero-order chi connectivity index (χ0) is 20.7. The fraction of sp³-hybridized carbons (Fsp3) is 0.0500. The standard InChI is InChI=1S/C20H8Br4O5/c21-10-3-1-2-7-13(10)20(29-19(7)27)8-4-5-12(25)14(23)17(8)28-18-9(20)6-11(22)16(26)15(18)24/h1-6,25-26H. The maximum Gasteiger partial charge on any atom is 0.340 e. The minimum atomic E-state index is -1.34. The van der Waals surface area contributed by atoms with Gasteiger partial charge in [-0.2, -0.15) is 0 Å². The number of carbonyl (C=O) groups is 1. The Morgan fingerprint density at radius 2 is 1.59 bits per heavy atom. The SMILES string of the molecule is O=C1OC2(c3ccc(O)c(Br)c3Oc3c2cc(Br)c(O)c3Br)c2c(Br)cccc21. The van der Waals surface area contributed by atoms with Crippen molar-refractivity contribution in [2.75, 3.05) is 0 Å². The molecule has 3 aromatic rings. The molecule has 5 nitrogen and oxygen atoms in total. The van der Waals surface area contributed by atoms with Crippen molar-refractivity contribution >= 4 is 69.7 Å². The Morgan fingerprint density at radius 1 is 0.862 bits per heavy atom. The van der Waals surface area contributed by atoms with E-state index in [1.165, 1.54) is 6.07 Å². The fourth-order valence-electron chi connectivity index (χ4n) is 3.80. The summed E-state index contributed by atoms with van der Waals surface area (Å²) in [6.07, 6.45) is 0. The van der Waals surface area contributed by atoms with Crippen LogP contribution in [0.5, 0.6) is 23.0 Å². The van der Waals surface area contributed by atoms with Gasteiger partial charge in [0.15, 0.2) is 17.1 Å². The van der Waals surface area contributed by atoms with Crippen molar-refractivity contribution in [3.05, 3.63) is 76.5 Å². The molecule has 9 heteroatoms. The van der Waals surface area contributed by atoms with Gasteiger partial charge < -0.3 is 19.7 Å². The number of ether oxygens (including phenoxy) is 2. The molecule has 29 heavy (non-hydrogen) atoms. The lowest BCUT2D eigenvalue weighted by Gasteiger charge is -2.38. The lowest BCUT2D eigenvalue weighted by molar-refractivity contribution is 0.0221. The molecule has 2 aliphatic rings. The number of benzene rings is 3. The van der Waals surface area contributed by atoms with Gasteiger partial charge >= 0.3 is 5.97 Å². The summed E-state index contributed by atoms with van der Waals surface area (Å²) in [7, 11) is 0. The third kappa shape index (κ3) is 2.44. The van der Waals surface area contributed by atoms with Crippen LogP contribution in [0.3, 0.4) is 0 Å². The third-order valence-electron chi connectivity index (χ3n) is 5.02. The van der Waals surface area contributed by atoms with Crippen LogP contribution in [0.1, 0.15) is 27.0 Å². The maximum atomic E-state index is 12.9. The van der Waals surface area contributed by atoms with Crippen LogP contribution in [0.15, 0.2) is 54.3 Å². The molecule has 2 aliphatic heterocycles. The van der Waals surface area contributed by atoms with E-state index in [9.17, 15) is 15.0 Å². The van der Waals surface area contributed by atoms with Crippen LogP contribution in [0.2, 0.25) is 0 Å². The van der Waals surface area contributed by atoms with E-state index in [1.807, 2.05) is 6.07 Å². The molecule has 2 N–H and O–H groups in total. The highest BCUT2D eigenvalue weighted by molar-refractivity contribution is 9.11. The van der Waals surface area contributed by atoms with Crippen molar-refractivity contribution in [2.45, 2.75) is 5.60 Å². The predicted molar refractivity (Wildman–Crippen MR) is 119 cm³/mol. The highest BCUT2D eigenvalue weighted by Crippen LogP contribution is 2.62. The summed E-state index contributed by atoms with van der Waals surface area (Å²) in [5.74, 6) is -0.00590. The second-order valence-electron chi connectivity index (χ2n) is 6.51. The zero-order valence-electron chi connectivity index (χ0n) is 14.1. The van der Waals surface area contributed by atoms with Gasteiger partial charge in [-0.15, -0.1) is 0 Å². The average Bonchev–Trinajstić information content (AvgIpc) is 2.99. The Bertz CT molecular complexity index is 1260. The predicted octanol–water partition coefficient (Wildman–Crippen LogP) is 6.72. The first-order valence-corrected chi connectivity index (χ1v) is 11.4. The Hall–Kier alpha value is -1.55. The molecule has 0 saturated heterocycles. The molecule has 0 saturated carbocycles.